The molecule has 0 amide bonds. The van der Waals surface area contributed by atoms with E-state index >= 15 is 0 Å². The van der Waals surface area contributed by atoms with Crippen LogP contribution in [0.25, 0.3) is 0 Å². The Balaban J connectivity index is 1.58. The summed E-state index contributed by atoms with van der Waals surface area (Å²) in [5.74, 6) is -0.820. The Morgan fingerprint density at radius 2 is 1.89 bits per heavy atom. The summed E-state index contributed by atoms with van der Waals surface area (Å²) in [6.45, 7) is 0.0591. The minimum absolute atomic E-state index is 0.0162. The summed E-state index contributed by atoms with van der Waals surface area (Å²) in [7, 11) is -2.83. The largest absolute Gasteiger partial charge is 0.484 e. The Morgan fingerprint density at radius 1 is 1.14 bits per heavy atom. The summed E-state index contributed by atoms with van der Waals surface area (Å²) >= 11 is 0. The highest BCUT2D eigenvalue weighted by Crippen LogP contribution is 2.19. The molecule has 0 unspecified atom stereocenters. The molecule has 0 atom stereocenters. The molecular weight excluding hydrogens is 392 g/mol. The highest BCUT2D eigenvalue weighted by atomic mass is 32.2. The number of benzene rings is 2. The van der Waals surface area contributed by atoms with Crippen molar-refractivity contribution in [3.8, 4) is 5.75 Å². The van der Waals surface area contributed by atoms with Crippen LogP contribution in [0.4, 0.5) is 8.78 Å². The number of halogens is 2. The van der Waals surface area contributed by atoms with Crippen molar-refractivity contribution in [1.29, 1.82) is 0 Å². The molecule has 2 aromatic carbocycles. The van der Waals surface area contributed by atoms with E-state index in [4.69, 9.17) is 9.26 Å². The SMILES string of the molecule is CN(CCc1noc(COc2ccccc2)n1)S(=O)(=O)c1ccc(F)cc1F. The lowest BCUT2D eigenvalue weighted by Gasteiger charge is -2.16. The van der Waals surface area contributed by atoms with E-state index in [1.165, 1.54) is 7.05 Å². The second-order valence-electron chi connectivity index (χ2n) is 5.86. The number of nitrogens with zero attached hydrogens (tertiary/aromatic N) is 3. The van der Waals surface area contributed by atoms with Crippen LogP contribution in [0.15, 0.2) is 57.9 Å². The van der Waals surface area contributed by atoms with Gasteiger partial charge in [0.1, 0.15) is 22.3 Å². The molecule has 0 saturated carbocycles. The second kappa shape index (κ2) is 8.44. The fraction of sp³-hybridized carbons (Fsp3) is 0.222. The molecule has 0 aliphatic rings. The van der Waals surface area contributed by atoms with Gasteiger partial charge in [-0.2, -0.15) is 4.98 Å². The van der Waals surface area contributed by atoms with Gasteiger partial charge in [-0.1, -0.05) is 23.4 Å². The average Bonchev–Trinajstić information content (AvgIpc) is 3.13. The first-order chi connectivity index (χ1) is 13.4. The average molecular weight is 409 g/mol. The fourth-order valence-electron chi connectivity index (χ4n) is 2.34. The minimum atomic E-state index is -4.12. The summed E-state index contributed by atoms with van der Waals surface area (Å²) in [4.78, 5) is 3.54. The first-order valence-corrected chi connectivity index (χ1v) is 9.71. The van der Waals surface area contributed by atoms with E-state index in [0.29, 0.717) is 11.8 Å². The fourth-order valence-corrected chi connectivity index (χ4v) is 3.55. The summed E-state index contributed by atoms with van der Waals surface area (Å²) in [6, 6.07) is 11.4. The van der Waals surface area contributed by atoms with Crippen LogP contribution in [0.5, 0.6) is 5.75 Å². The van der Waals surface area contributed by atoms with Crippen LogP contribution in [0.3, 0.4) is 0 Å². The quantitative estimate of drug-likeness (QED) is 0.569. The maximum absolute atomic E-state index is 13.8. The van der Waals surface area contributed by atoms with Crippen LogP contribution in [0.2, 0.25) is 0 Å². The third kappa shape index (κ3) is 4.70. The van der Waals surface area contributed by atoms with Crippen LogP contribution < -0.4 is 4.74 Å². The van der Waals surface area contributed by atoms with Crippen molar-refractivity contribution in [2.45, 2.75) is 17.9 Å². The predicted molar refractivity (Wildman–Crippen MR) is 94.9 cm³/mol. The summed E-state index contributed by atoms with van der Waals surface area (Å²) in [6.07, 6.45) is 0.146. The van der Waals surface area contributed by atoms with Gasteiger partial charge in [-0.05, 0) is 24.3 Å². The normalized spacial score (nSPS) is 11.7. The van der Waals surface area contributed by atoms with Gasteiger partial charge in [0.05, 0.1) is 0 Å². The summed E-state index contributed by atoms with van der Waals surface area (Å²) in [5, 5.41) is 3.77. The van der Waals surface area contributed by atoms with Crippen molar-refractivity contribution in [1.82, 2.24) is 14.4 Å². The van der Waals surface area contributed by atoms with E-state index in [1.807, 2.05) is 18.2 Å². The van der Waals surface area contributed by atoms with Gasteiger partial charge in [0.15, 0.2) is 12.4 Å². The van der Waals surface area contributed by atoms with Crippen molar-refractivity contribution in [3.63, 3.8) is 0 Å². The molecular formula is C18H17F2N3O4S. The summed E-state index contributed by atoms with van der Waals surface area (Å²) < 4.78 is 63.2. The van der Waals surface area contributed by atoms with Crippen molar-refractivity contribution in [2.75, 3.05) is 13.6 Å². The topological polar surface area (TPSA) is 85.5 Å². The number of sulfonamides is 1. The van der Waals surface area contributed by atoms with E-state index in [9.17, 15) is 17.2 Å². The van der Waals surface area contributed by atoms with Crippen LogP contribution in [0, 0.1) is 11.6 Å². The molecule has 1 aromatic heterocycles. The van der Waals surface area contributed by atoms with Crippen molar-refractivity contribution < 1.29 is 26.5 Å². The van der Waals surface area contributed by atoms with Crippen LogP contribution in [0.1, 0.15) is 11.7 Å². The molecule has 0 N–H and O–H groups in total. The van der Waals surface area contributed by atoms with Crippen LogP contribution in [-0.4, -0.2) is 36.5 Å². The maximum Gasteiger partial charge on any atom is 0.264 e. The van der Waals surface area contributed by atoms with E-state index in [0.717, 1.165) is 16.4 Å². The Morgan fingerprint density at radius 3 is 2.61 bits per heavy atom. The van der Waals surface area contributed by atoms with Gasteiger partial charge >= 0.3 is 0 Å². The lowest BCUT2D eigenvalue weighted by molar-refractivity contribution is 0.242. The number of rotatable bonds is 8. The highest BCUT2D eigenvalue weighted by molar-refractivity contribution is 7.89. The number of para-hydroxylation sites is 1. The lowest BCUT2D eigenvalue weighted by Crippen LogP contribution is -2.30. The van der Waals surface area contributed by atoms with Gasteiger partial charge in [0.25, 0.3) is 5.89 Å². The molecule has 0 radical (unpaired) electrons. The Bertz CT molecular complexity index is 1040. The van der Waals surface area contributed by atoms with Gasteiger partial charge in [0.2, 0.25) is 10.0 Å². The molecule has 0 saturated heterocycles. The third-order valence-corrected chi connectivity index (χ3v) is 5.74. The van der Waals surface area contributed by atoms with Crippen LogP contribution >= 0.6 is 0 Å². The Labute approximate surface area is 160 Å². The Kier molecular flexibility index (Phi) is 6.00. The number of aromatic nitrogens is 2. The predicted octanol–water partition coefficient (Wildman–Crippen LogP) is 2.79. The molecule has 0 aliphatic heterocycles. The number of hydrogen-bond acceptors (Lipinski definition) is 6. The van der Waals surface area contributed by atoms with Crippen molar-refractivity contribution >= 4 is 10.0 Å². The molecule has 3 aromatic rings. The van der Waals surface area contributed by atoms with E-state index in [-0.39, 0.29) is 31.3 Å². The van der Waals surface area contributed by atoms with E-state index < -0.39 is 26.6 Å². The zero-order valence-electron chi connectivity index (χ0n) is 14.9. The van der Waals surface area contributed by atoms with Gasteiger partial charge in [-0.15, -0.1) is 0 Å². The number of hydrogen-bond donors (Lipinski definition) is 0. The monoisotopic (exact) mass is 409 g/mol. The minimum Gasteiger partial charge on any atom is -0.484 e. The van der Waals surface area contributed by atoms with Crippen LogP contribution in [-0.2, 0) is 23.1 Å². The smallest absolute Gasteiger partial charge is 0.264 e. The van der Waals surface area contributed by atoms with Gasteiger partial charge in [-0.25, -0.2) is 21.5 Å². The van der Waals surface area contributed by atoms with Gasteiger partial charge in [0, 0.05) is 26.1 Å². The molecule has 3 rings (SSSR count). The molecule has 1 heterocycles. The zero-order chi connectivity index (χ0) is 20.1. The molecule has 0 fully saturated rings. The first kappa shape index (κ1) is 19.9. The standard InChI is InChI=1S/C18H17F2N3O4S/c1-23(28(24,25)16-8-7-13(19)11-15(16)20)10-9-17-21-18(27-22-17)12-26-14-5-3-2-4-6-14/h2-8,11H,9-10,12H2,1H3. The maximum atomic E-state index is 13.8. The van der Waals surface area contributed by atoms with Gasteiger partial charge < -0.3 is 9.26 Å². The molecule has 0 bridgehead atoms. The molecule has 10 heteroatoms. The second-order valence-corrected chi connectivity index (χ2v) is 7.87. The highest BCUT2D eigenvalue weighted by Gasteiger charge is 2.25. The first-order valence-electron chi connectivity index (χ1n) is 8.27. The number of likely N-dealkylation sites (N-methyl/N-ethyl adjacent to an activating group) is 1. The molecule has 0 spiro atoms. The zero-order valence-corrected chi connectivity index (χ0v) is 15.7. The van der Waals surface area contributed by atoms with Crippen molar-refractivity contribution in [3.05, 3.63) is 71.9 Å². The van der Waals surface area contributed by atoms with E-state index in [1.54, 1.807) is 12.1 Å². The molecule has 148 valence electrons. The Hall–Kier alpha value is -2.85. The van der Waals surface area contributed by atoms with E-state index in [2.05, 4.69) is 10.1 Å². The van der Waals surface area contributed by atoms with Crippen molar-refractivity contribution in [2.24, 2.45) is 0 Å². The van der Waals surface area contributed by atoms with Gasteiger partial charge in [-0.3, -0.25) is 0 Å². The molecule has 28 heavy (non-hydrogen) atoms. The third-order valence-electron chi connectivity index (χ3n) is 3.85. The molecule has 7 nitrogen and oxygen atoms in total. The lowest BCUT2D eigenvalue weighted by atomic mass is 10.3. The molecule has 0 aliphatic carbocycles. The summed E-state index contributed by atoms with van der Waals surface area (Å²) in [5.41, 5.74) is 0. The number of ether oxygens (including phenoxy) is 1.